The first-order valence-corrected chi connectivity index (χ1v) is 8.41. The van der Waals surface area contributed by atoms with Gasteiger partial charge < -0.3 is 9.47 Å². The molecule has 3 aromatic rings. The van der Waals surface area contributed by atoms with Crippen molar-refractivity contribution in [2.45, 2.75) is 0 Å². The van der Waals surface area contributed by atoms with Gasteiger partial charge in [-0.25, -0.2) is 13.8 Å². The fraction of sp³-hybridized carbons (Fsp3) is 0.111. The number of rotatable bonds is 6. The number of ether oxygens (including phenoxy) is 2. The summed E-state index contributed by atoms with van der Waals surface area (Å²) >= 11 is 1.19. The van der Waals surface area contributed by atoms with Crippen LogP contribution in [0.2, 0.25) is 0 Å². The molecule has 0 radical (unpaired) electrons. The molecule has 1 aromatic heterocycles. The number of para-hydroxylation sites is 1. The van der Waals surface area contributed by atoms with Gasteiger partial charge >= 0.3 is 0 Å². The van der Waals surface area contributed by atoms with Crippen LogP contribution < -0.4 is 14.8 Å². The first kappa shape index (κ1) is 17.8. The summed E-state index contributed by atoms with van der Waals surface area (Å²) in [6, 6.07) is 10.3. The van der Waals surface area contributed by atoms with E-state index in [0.29, 0.717) is 16.4 Å². The second kappa shape index (κ2) is 7.92. The van der Waals surface area contributed by atoms with E-state index in [1.807, 2.05) is 0 Å². The molecule has 0 fully saturated rings. The van der Waals surface area contributed by atoms with E-state index in [1.165, 1.54) is 48.8 Å². The highest BCUT2D eigenvalue weighted by molar-refractivity contribution is 7.14. The number of anilines is 1. The Kier molecular flexibility index (Phi) is 5.43. The van der Waals surface area contributed by atoms with Gasteiger partial charge in [-0.2, -0.15) is 0 Å². The first-order valence-electron chi connectivity index (χ1n) is 7.53. The Morgan fingerprint density at radius 3 is 2.69 bits per heavy atom. The average Bonchev–Trinajstić information content (AvgIpc) is 3.09. The maximum atomic E-state index is 13.8. The topological polar surface area (TPSA) is 60.5 Å². The number of hydrogen-bond acceptors (Lipinski definition) is 5. The zero-order valence-electron chi connectivity index (χ0n) is 13.7. The lowest BCUT2D eigenvalue weighted by molar-refractivity contribution is -0.118. The number of nitrogens with zero attached hydrogens (tertiary/aromatic N) is 1. The number of halogens is 2. The van der Waals surface area contributed by atoms with Gasteiger partial charge in [0.15, 0.2) is 34.9 Å². The van der Waals surface area contributed by atoms with Crippen molar-refractivity contribution in [2.24, 2.45) is 0 Å². The molecule has 0 aliphatic heterocycles. The normalized spacial score (nSPS) is 10.4. The van der Waals surface area contributed by atoms with Gasteiger partial charge in [0.25, 0.3) is 5.91 Å². The monoisotopic (exact) mass is 376 g/mol. The molecule has 1 amide bonds. The van der Waals surface area contributed by atoms with Crippen LogP contribution in [0.4, 0.5) is 13.9 Å². The van der Waals surface area contributed by atoms with Gasteiger partial charge in [0.05, 0.1) is 12.8 Å². The number of aromatic nitrogens is 1. The fourth-order valence-corrected chi connectivity index (χ4v) is 2.89. The van der Waals surface area contributed by atoms with Gasteiger partial charge in [0.1, 0.15) is 0 Å². The lowest BCUT2D eigenvalue weighted by Gasteiger charge is -2.06. The minimum Gasteiger partial charge on any atom is -0.494 e. The Balaban J connectivity index is 1.62. The van der Waals surface area contributed by atoms with Gasteiger partial charge in [-0.05, 0) is 30.3 Å². The molecule has 0 aliphatic carbocycles. The van der Waals surface area contributed by atoms with Crippen molar-refractivity contribution in [3.63, 3.8) is 0 Å². The quantitative estimate of drug-likeness (QED) is 0.703. The van der Waals surface area contributed by atoms with Gasteiger partial charge in [0, 0.05) is 10.9 Å². The van der Waals surface area contributed by atoms with Crippen LogP contribution >= 0.6 is 11.3 Å². The van der Waals surface area contributed by atoms with Crippen LogP contribution in [0.25, 0.3) is 11.3 Å². The molecule has 1 heterocycles. The summed E-state index contributed by atoms with van der Waals surface area (Å²) in [6.07, 6.45) is 0. The molecule has 0 aliphatic rings. The maximum absolute atomic E-state index is 13.8. The van der Waals surface area contributed by atoms with E-state index < -0.39 is 17.5 Å². The molecule has 0 spiro atoms. The van der Waals surface area contributed by atoms with Crippen molar-refractivity contribution in [3.8, 4) is 22.8 Å². The Labute approximate surface area is 152 Å². The van der Waals surface area contributed by atoms with Crippen LogP contribution in [-0.4, -0.2) is 24.6 Å². The first-order chi connectivity index (χ1) is 12.6. The van der Waals surface area contributed by atoms with Crippen LogP contribution in [0.1, 0.15) is 0 Å². The van der Waals surface area contributed by atoms with Crippen molar-refractivity contribution in [1.29, 1.82) is 0 Å². The zero-order valence-corrected chi connectivity index (χ0v) is 14.5. The Morgan fingerprint density at radius 1 is 1.15 bits per heavy atom. The van der Waals surface area contributed by atoms with Gasteiger partial charge in [-0.15, -0.1) is 11.3 Å². The predicted molar refractivity (Wildman–Crippen MR) is 94.6 cm³/mol. The van der Waals surface area contributed by atoms with Gasteiger partial charge in [-0.3, -0.25) is 10.1 Å². The number of nitrogens with one attached hydrogen (secondary N) is 1. The van der Waals surface area contributed by atoms with E-state index >= 15 is 0 Å². The van der Waals surface area contributed by atoms with Crippen LogP contribution in [0.3, 0.4) is 0 Å². The summed E-state index contributed by atoms with van der Waals surface area (Å²) < 4.78 is 37.2. The predicted octanol–water partition coefficient (Wildman–Crippen LogP) is 4.11. The molecule has 134 valence electrons. The molecule has 26 heavy (non-hydrogen) atoms. The highest BCUT2D eigenvalue weighted by Crippen LogP contribution is 2.28. The van der Waals surface area contributed by atoms with Crippen LogP contribution in [0, 0.1) is 11.6 Å². The summed E-state index contributed by atoms with van der Waals surface area (Å²) in [4.78, 5) is 16.2. The summed E-state index contributed by atoms with van der Waals surface area (Å²) in [5, 5.41) is 4.58. The molecule has 3 rings (SSSR count). The highest BCUT2D eigenvalue weighted by Gasteiger charge is 2.11. The smallest absolute Gasteiger partial charge is 0.264 e. The minimum atomic E-state index is -0.543. The second-order valence-corrected chi connectivity index (χ2v) is 6.01. The molecule has 0 atom stereocenters. The fourth-order valence-electron chi connectivity index (χ4n) is 2.15. The average molecular weight is 376 g/mol. The van der Waals surface area contributed by atoms with E-state index in [4.69, 9.17) is 9.47 Å². The number of carbonyl (C=O) groups excluding carboxylic acids is 1. The molecule has 5 nitrogen and oxygen atoms in total. The highest BCUT2D eigenvalue weighted by atomic mass is 32.1. The lowest BCUT2D eigenvalue weighted by atomic mass is 10.1. The van der Waals surface area contributed by atoms with Crippen LogP contribution in [0.5, 0.6) is 11.5 Å². The lowest BCUT2D eigenvalue weighted by Crippen LogP contribution is -2.20. The van der Waals surface area contributed by atoms with E-state index in [2.05, 4.69) is 10.3 Å². The molecule has 0 saturated carbocycles. The van der Waals surface area contributed by atoms with Crippen LogP contribution in [0.15, 0.2) is 47.8 Å². The third-order valence-corrected chi connectivity index (χ3v) is 4.15. The molecular formula is C18H14F2N2O3S. The van der Waals surface area contributed by atoms with Crippen LogP contribution in [-0.2, 0) is 4.79 Å². The third kappa shape index (κ3) is 4.15. The number of benzene rings is 2. The Bertz CT molecular complexity index is 930. The molecule has 2 aromatic carbocycles. The Morgan fingerprint density at radius 2 is 1.96 bits per heavy atom. The second-order valence-electron chi connectivity index (χ2n) is 5.15. The SMILES string of the molecule is COc1ccc(-c2csc(NC(=O)COc3ccccc3F)n2)cc1F. The van der Waals surface area contributed by atoms with Gasteiger partial charge in [-0.1, -0.05) is 12.1 Å². The van der Waals surface area contributed by atoms with Crippen molar-refractivity contribution >= 4 is 22.4 Å². The number of carbonyl (C=O) groups is 1. The van der Waals surface area contributed by atoms with Crippen molar-refractivity contribution in [1.82, 2.24) is 4.98 Å². The summed E-state index contributed by atoms with van der Waals surface area (Å²) in [5.41, 5.74) is 1.07. The van der Waals surface area contributed by atoms with Crippen molar-refractivity contribution in [2.75, 3.05) is 19.0 Å². The number of amides is 1. The van der Waals surface area contributed by atoms with E-state index in [1.54, 1.807) is 17.5 Å². The summed E-state index contributed by atoms with van der Waals surface area (Å²) in [7, 11) is 1.39. The zero-order chi connectivity index (χ0) is 18.5. The standard InChI is InChI=1S/C18H14F2N2O3S/c1-24-15-7-6-11(8-13(15)20)14-10-26-18(21-14)22-17(23)9-25-16-5-3-2-4-12(16)19/h2-8,10H,9H2,1H3,(H,21,22,23). The number of methoxy groups -OCH3 is 1. The van der Waals surface area contributed by atoms with Gasteiger partial charge in [0.2, 0.25) is 0 Å². The number of thiazole rings is 1. The molecular weight excluding hydrogens is 362 g/mol. The van der Waals surface area contributed by atoms with E-state index in [-0.39, 0.29) is 18.1 Å². The minimum absolute atomic E-state index is 0.00353. The largest absolute Gasteiger partial charge is 0.494 e. The molecule has 1 N–H and O–H groups in total. The van der Waals surface area contributed by atoms with Crippen molar-refractivity contribution in [3.05, 3.63) is 59.5 Å². The van der Waals surface area contributed by atoms with E-state index in [0.717, 1.165) is 0 Å². The summed E-state index contributed by atoms with van der Waals surface area (Å²) in [5.74, 6) is -1.38. The molecule has 0 bridgehead atoms. The summed E-state index contributed by atoms with van der Waals surface area (Å²) in [6.45, 7) is -0.354. The van der Waals surface area contributed by atoms with E-state index in [9.17, 15) is 13.6 Å². The maximum Gasteiger partial charge on any atom is 0.264 e. The van der Waals surface area contributed by atoms with Crippen molar-refractivity contribution < 1.29 is 23.0 Å². The Hall–Kier alpha value is -3.00. The number of hydrogen-bond donors (Lipinski definition) is 1. The molecule has 8 heteroatoms. The molecule has 0 unspecified atom stereocenters. The molecule has 0 saturated heterocycles. The third-order valence-electron chi connectivity index (χ3n) is 3.39.